The molecule has 16 heavy (non-hydrogen) atoms. The van der Waals surface area contributed by atoms with Crippen LogP contribution >= 0.6 is 0 Å². The van der Waals surface area contributed by atoms with Crippen LogP contribution in [0.15, 0.2) is 0 Å². The van der Waals surface area contributed by atoms with Crippen molar-refractivity contribution in [3.05, 3.63) is 17.2 Å². The van der Waals surface area contributed by atoms with E-state index in [0.29, 0.717) is 0 Å². The lowest BCUT2D eigenvalue weighted by molar-refractivity contribution is 0.668. The van der Waals surface area contributed by atoms with Crippen LogP contribution in [0.4, 0.5) is 0 Å². The maximum Gasteiger partial charge on any atom is 0.107 e. The van der Waals surface area contributed by atoms with E-state index in [4.69, 9.17) is 0 Å². The molecular formula is C13H23N3. The number of hydrogen-bond donors (Lipinski definition) is 2. The molecule has 0 spiro atoms. The third-order valence-corrected chi connectivity index (χ3v) is 3.12. The highest BCUT2D eigenvalue weighted by Gasteiger charge is 2.19. The van der Waals surface area contributed by atoms with Crippen LogP contribution in [0.1, 0.15) is 50.3 Å². The van der Waals surface area contributed by atoms with Crippen molar-refractivity contribution in [1.29, 1.82) is 0 Å². The van der Waals surface area contributed by atoms with E-state index in [0.717, 1.165) is 37.7 Å². The van der Waals surface area contributed by atoms with E-state index in [2.05, 4.69) is 29.1 Å². The fourth-order valence-electron chi connectivity index (χ4n) is 2.05. The highest BCUT2D eigenvalue weighted by Crippen LogP contribution is 2.18. The Balaban J connectivity index is 1.86. The van der Waals surface area contributed by atoms with E-state index >= 15 is 0 Å². The average Bonchev–Trinajstić information content (AvgIpc) is 3.01. The first-order chi connectivity index (χ1) is 7.83. The Morgan fingerprint density at radius 2 is 2.12 bits per heavy atom. The number of rotatable bonds is 7. The zero-order chi connectivity index (χ0) is 11.4. The van der Waals surface area contributed by atoms with Gasteiger partial charge in [-0.1, -0.05) is 20.3 Å². The Kier molecular flexibility index (Phi) is 3.99. The van der Waals surface area contributed by atoms with Gasteiger partial charge < -0.3 is 10.3 Å². The number of aryl methyl sites for hydroxylation is 2. The summed E-state index contributed by atoms with van der Waals surface area (Å²) < 4.78 is 0. The van der Waals surface area contributed by atoms with Crippen molar-refractivity contribution in [3.8, 4) is 0 Å². The van der Waals surface area contributed by atoms with Gasteiger partial charge in [-0.2, -0.15) is 0 Å². The Labute approximate surface area is 98.1 Å². The quantitative estimate of drug-likeness (QED) is 0.741. The van der Waals surface area contributed by atoms with Crippen molar-refractivity contribution in [2.75, 3.05) is 6.54 Å². The molecule has 0 unspecified atom stereocenters. The summed E-state index contributed by atoms with van der Waals surface area (Å²) in [5, 5.41) is 3.52. The summed E-state index contributed by atoms with van der Waals surface area (Å²) in [5.74, 6) is 1.16. The van der Waals surface area contributed by atoms with Gasteiger partial charge in [-0.15, -0.1) is 0 Å². The molecule has 1 aliphatic carbocycles. The second-order valence-electron chi connectivity index (χ2n) is 4.69. The minimum Gasteiger partial charge on any atom is -0.346 e. The van der Waals surface area contributed by atoms with Gasteiger partial charge >= 0.3 is 0 Å². The highest BCUT2D eigenvalue weighted by atomic mass is 15.0. The smallest absolute Gasteiger partial charge is 0.107 e. The van der Waals surface area contributed by atoms with Crippen LogP contribution < -0.4 is 5.32 Å². The van der Waals surface area contributed by atoms with E-state index in [-0.39, 0.29) is 0 Å². The SMILES string of the molecule is CCCc1[nH]c(CCNC2CC2)nc1CC. The molecule has 90 valence electrons. The highest BCUT2D eigenvalue weighted by molar-refractivity contribution is 5.15. The normalized spacial score (nSPS) is 15.6. The topological polar surface area (TPSA) is 40.7 Å². The van der Waals surface area contributed by atoms with Crippen LogP contribution in [-0.4, -0.2) is 22.6 Å². The molecule has 0 atom stereocenters. The number of imidazole rings is 1. The maximum absolute atomic E-state index is 4.67. The van der Waals surface area contributed by atoms with Crippen LogP contribution in [0.3, 0.4) is 0 Å². The molecule has 3 heteroatoms. The summed E-state index contributed by atoms with van der Waals surface area (Å²) in [6.45, 7) is 5.46. The molecule has 0 saturated heterocycles. The predicted molar refractivity (Wildman–Crippen MR) is 66.7 cm³/mol. The molecule has 0 amide bonds. The maximum atomic E-state index is 4.67. The molecule has 1 saturated carbocycles. The molecule has 2 rings (SSSR count). The van der Waals surface area contributed by atoms with Gasteiger partial charge in [0.05, 0.1) is 5.69 Å². The second-order valence-corrected chi connectivity index (χ2v) is 4.69. The average molecular weight is 221 g/mol. The van der Waals surface area contributed by atoms with Crippen LogP contribution in [0, 0.1) is 0 Å². The molecule has 3 nitrogen and oxygen atoms in total. The molecule has 2 N–H and O–H groups in total. The van der Waals surface area contributed by atoms with Crippen LogP contribution in [0.5, 0.6) is 0 Å². The Morgan fingerprint density at radius 1 is 1.31 bits per heavy atom. The van der Waals surface area contributed by atoms with Gasteiger partial charge in [-0.25, -0.2) is 4.98 Å². The van der Waals surface area contributed by atoms with Crippen molar-refractivity contribution in [2.24, 2.45) is 0 Å². The number of hydrogen-bond acceptors (Lipinski definition) is 2. The summed E-state index contributed by atoms with van der Waals surface area (Å²) >= 11 is 0. The third-order valence-electron chi connectivity index (χ3n) is 3.12. The molecule has 0 aliphatic heterocycles. The Bertz CT molecular complexity index is 326. The first-order valence-electron chi connectivity index (χ1n) is 6.63. The Morgan fingerprint density at radius 3 is 2.75 bits per heavy atom. The summed E-state index contributed by atoms with van der Waals surface area (Å²) in [7, 11) is 0. The molecule has 0 bridgehead atoms. The van der Waals surface area contributed by atoms with Crippen molar-refractivity contribution < 1.29 is 0 Å². The van der Waals surface area contributed by atoms with Crippen molar-refractivity contribution in [2.45, 2.75) is 58.4 Å². The molecule has 1 aromatic heterocycles. The van der Waals surface area contributed by atoms with Crippen LogP contribution in [0.2, 0.25) is 0 Å². The summed E-state index contributed by atoms with van der Waals surface area (Å²) in [6, 6.07) is 0.802. The number of aromatic nitrogens is 2. The van der Waals surface area contributed by atoms with Gasteiger partial charge in [0, 0.05) is 24.7 Å². The van der Waals surface area contributed by atoms with E-state index in [1.54, 1.807) is 0 Å². The van der Waals surface area contributed by atoms with Crippen molar-refractivity contribution in [3.63, 3.8) is 0 Å². The number of nitrogens with one attached hydrogen (secondary N) is 2. The van der Waals surface area contributed by atoms with E-state index in [1.165, 1.54) is 30.7 Å². The zero-order valence-electron chi connectivity index (χ0n) is 10.5. The minimum atomic E-state index is 0.802. The van der Waals surface area contributed by atoms with Crippen molar-refractivity contribution >= 4 is 0 Å². The molecule has 0 radical (unpaired) electrons. The third kappa shape index (κ3) is 3.08. The lowest BCUT2D eigenvalue weighted by Crippen LogP contribution is -2.19. The molecule has 1 heterocycles. The minimum absolute atomic E-state index is 0.802. The second kappa shape index (κ2) is 5.48. The van der Waals surface area contributed by atoms with Crippen LogP contribution in [-0.2, 0) is 19.3 Å². The molecule has 1 aliphatic rings. The van der Waals surface area contributed by atoms with Gasteiger partial charge in [-0.05, 0) is 25.7 Å². The number of nitrogens with zero attached hydrogens (tertiary/aromatic N) is 1. The monoisotopic (exact) mass is 221 g/mol. The van der Waals surface area contributed by atoms with E-state index in [1.807, 2.05) is 0 Å². The molecule has 1 aromatic rings. The van der Waals surface area contributed by atoms with Gasteiger partial charge in [0.15, 0.2) is 0 Å². The largest absolute Gasteiger partial charge is 0.346 e. The summed E-state index contributed by atoms with van der Waals surface area (Å²) in [5.41, 5.74) is 2.62. The van der Waals surface area contributed by atoms with Gasteiger partial charge in [-0.3, -0.25) is 0 Å². The first-order valence-corrected chi connectivity index (χ1v) is 6.63. The van der Waals surface area contributed by atoms with E-state index in [9.17, 15) is 0 Å². The Hall–Kier alpha value is -0.830. The first kappa shape index (κ1) is 11.6. The van der Waals surface area contributed by atoms with E-state index < -0.39 is 0 Å². The summed E-state index contributed by atoms with van der Waals surface area (Å²) in [6.07, 6.45) is 7.12. The number of aromatic amines is 1. The molecule has 1 fully saturated rings. The zero-order valence-corrected chi connectivity index (χ0v) is 10.5. The lowest BCUT2D eigenvalue weighted by atomic mass is 10.2. The van der Waals surface area contributed by atoms with Crippen LogP contribution in [0.25, 0.3) is 0 Å². The fraction of sp³-hybridized carbons (Fsp3) is 0.769. The molecule has 0 aromatic carbocycles. The lowest BCUT2D eigenvalue weighted by Gasteiger charge is -1.99. The fourth-order valence-corrected chi connectivity index (χ4v) is 2.05. The van der Waals surface area contributed by atoms with Crippen molar-refractivity contribution in [1.82, 2.24) is 15.3 Å². The standard InChI is InChI=1S/C13H23N3/c1-3-5-12-11(4-2)15-13(16-12)8-9-14-10-6-7-10/h10,14H,3-9H2,1-2H3,(H,15,16). The molecular weight excluding hydrogens is 198 g/mol. The van der Waals surface area contributed by atoms with Gasteiger partial charge in [0.2, 0.25) is 0 Å². The predicted octanol–water partition coefficient (Wildman–Crippen LogP) is 2.22. The summed E-state index contributed by atoms with van der Waals surface area (Å²) in [4.78, 5) is 8.15. The van der Waals surface area contributed by atoms with Gasteiger partial charge in [0.25, 0.3) is 0 Å². The number of H-pyrrole nitrogens is 1. The van der Waals surface area contributed by atoms with Gasteiger partial charge in [0.1, 0.15) is 5.82 Å².